The van der Waals surface area contributed by atoms with Gasteiger partial charge in [0.25, 0.3) is 5.91 Å². The highest BCUT2D eigenvalue weighted by molar-refractivity contribution is 6.31. The van der Waals surface area contributed by atoms with Crippen molar-refractivity contribution < 1.29 is 18.7 Å². The van der Waals surface area contributed by atoms with Crippen LogP contribution < -0.4 is 4.90 Å². The van der Waals surface area contributed by atoms with Crippen LogP contribution in [0.2, 0.25) is 5.02 Å². The summed E-state index contributed by atoms with van der Waals surface area (Å²) in [4.78, 5) is 27.1. The van der Waals surface area contributed by atoms with Gasteiger partial charge in [0.15, 0.2) is 11.5 Å². The average molecular weight is 448 g/mol. The van der Waals surface area contributed by atoms with Crippen molar-refractivity contribution in [1.29, 1.82) is 0 Å². The van der Waals surface area contributed by atoms with Crippen molar-refractivity contribution in [1.82, 2.24) is 10.2 Å². The van der Waals surface area contributed by atoms with Gasteiger partial charge in [-0.2, -0.15) is 5.10 Å². The Kier molecular flexibility index (Phi) is 5.03. The molecular formula is C24H18ClN3O4. The van der Waals surface area contributed by atoms with Gasteiger partial charge in [-0.15, -0.1) is 0 Å². The largest absolute Gasteiger partial charge is 0.463 e. The molecule has 7 nitrogen and oxygen atoms in total. The number of amides is 1. The van der Waals surface area contributed by atoms with Crippen LogP contribution in [0.15, 0.2) is 71.3 Å². The van der Waals surface area contributed by atoms with Crippen LogP contribution in [0.25, 0.3) is 11.5 Å². The van der Waals surface area contributed by atoms with Crippen LogP contribution in [0.1, 0.15) is 44.9 Å². The van der Waals surface area contributed by atoms with E-state index in [1.807, 2.05) is 18.2 Å². The number of esters is 1. The number of carbonyl (C=O) groups excluding carboxylic acids is 2. The fourth-order valence-corrected chi connectivity index (χ4v) is 4.22. The number of furan rings is 1. The third-order valence-corrected chi connectivity index (χ3v) is 5.73. The maximum atomic E-state index is 13.5. The number of aromatic amines is 1. The first-order valence-corrected chi connectivity index (χ1v) is 10.4. The monoisotopic (exact) mass is 447 g/mol. The molecule has 160 valence electrons. The molecule has 1 atom stereocenters. The van der Waals surface area contributed by atoms with Crippen LogP contribution >= 0.6 is 11.6 Å². The SMILES string of the molecule is CCOC(=O)c1ccc(N2C(=O)c3n[nH]c(-c4ccco4)c3C2c2ccccc2Cl)cc1. The molecule has 0 aliphatic carbocycles. The lowest BCUT2D eigenvalue weighted by molar-refractivity contribution is 0.0526. The van der Waals surface area contributed by atoms with E-state index in [0.29, 0.717) is 39.0 Å². The second-order valence-corrected chi connectivity index (χ2v) is 7.61. The topological polar surface area (TPSA) is 88.4 Å². The van der Waals surface area contributed by atoms with Crippen molar-refractivity contribution >= 4 is 29.2 Å². The molecule has 3 heterocycles. The van der Waals surface area contributed by atoms with E-state index in [1.54, 1.807) is 60.6 Å². The summed E-state index contributed by atoms with van der Waals surface area (Å²) in [6.45, 7) is 2.04. The van der Waals surface area contributed by atoms with E-state index in [2.05, 4.69) is 10.2 Å². The summed E-state index contributed by atoms with van der Waals surface area (Å²) in [5, 5.41) is 7.76. The number of nitrogens with zero attached hydrogens (tertiary/aromatic N) is 2. The van der Waals surface area contributed by atoms with E-state index in [4.69, 9.17) is 20.8 Å². The highest BCUT2D eigenvalue weighted by atomic mass is 35.5. The number of rotatable bonds is 5. The highest BCUT2D eigenvalue weighted by Gasteiger charge is 2.44. The van der Waals surface area contributed by atoms with Crippen LogP contribution in [0.5, 0.6) is 0 Å². The normalized spacial score (nSPS) is 15.1. The van der Waals surface area contributed by atoms with Crippen LogP contribution in [-0.2, 0) is 4.74 Å². The maximum absolute atomic E-state index is 13.5. The number of halogens is 1. The van der Waals surface area contributed by atoms with Gasteiger partial charge in [-0.05, 0) is 55.0 Å². The number of carbonyl (C=O) groups is 2. The maximum Gasteiger partial charge on any atom is 0.338 e. The van der Waals surface area contributed by atoms with Crippen molar-refractivity contribution in [3.63, 3.8) is 0 Å². The number of ether oxygens (including phenoxy) is 1. The molecule has 8 heteroatoms. The minimum absolute atomic E-state index is 0.275. The van der Waals surface area contributed by atoms with E-state index < -0.39 is 12.0 Å². The third-order valence-electron chi connectivity index (χ3n) is 5.38. The van der Waals surface area contributed by atoms with E-state index in [0.717, 1.165) is 5.56 Å². The number of fused-ring (bicyclic) bond motifs is 1. The lowest BCUT2D eigenvalue weighted by Gasteiger charge is -2.27. The molecule has 0 fully saturated rings. The molecule has 1 unspecified atom stereocenters. The third kappa shape index (κ3) is 3.18. The summed E-state index contributed by atoms with van der Waals surface area (Å²) in [5.41, 5.74) is 3.38. The zero-order valence-electron chi connectivity index (χ0n) is 17.0. The Morgan fingerprint density at radius 2 is 1.94 bits per heavy atom. The summed E-state index contributed by atoms with van der Waals surface area (Å²) in [7, 11) is 0. The molecule has 0 saturated carbocycles. The molecule has 0 saturated heterocycles. The molecule has 1 amide bonds. The number of H-pyrrole nitrogens is 1. The molecule has 1 N–H and O–H groups in total. The molecule has 0 bridgehead atoms. The first-order chi connectivity index (χ1) is 15.6. The minimum atomic E-state index is -0.529. The van der Waals surface area contributed by atoms with Gasteiger partial charge in [-0.25, -0.2) is 4.79 Å². The summed E-state index contributed by atoms with van der Waals surface area (Å²) < 4.78 is 10.6. The number of nitrogens with one attached hydrogen (secondary N) is 1. The van der Waals surface area contributed by atoms with Gasteiger partial charge in [0.1, 0.15) is 5.69 Å². The second-order valence-electron chi connectivity index (χ2n) is 7.20. The molecule has 5 rings (SSSR count). The van der Waals surface area contributed by atoms with Crippen molar-refractivity contribution in [2.75, 3.05) is 11.5 Å². The number of anilines is 1. The van der Waals surface area contributed by atoms with Gasteiger partial charge >= 0.3 is 5.97 Å². The van der Waals surface area contributed by atoms with Gasteiger partial charge in [0.2, 0.25) is 0 Å². The second kappa shape index (κ2) is 8.01. The first kappa shape index (κ1) is 20.1. The fourth-order valence-electron chi connectivity index (χ4n) is 3.98. The summed E-state index contributed by atoms with van der Waals surface area (Å²) in [5.74, 6) is -0.117. The molecule has 1 aliphatic rings. The zero-order chi connectivity index (χ0) is 22.2. The Morgan fingerprint density at radius 3 is 2.62 bits per heavy atom. The Balaban J connectivity index is 1.65. The summed E-state index contributed by atoms with van der Waals surface area (Å²) in [6.07, 6.45) is 1.57. The van der Waals surface area contributed by atoms with Crippen LogP contribution in [0, 0.1) is 0 Å². The van der Waals surface area contributed by atoms with Crippen molar-refractivity contribution in [2.24, 2.45) is 0 Å². The number of hydrogen-bond acceptors (Lipinski definition) is 5. The first-order valence-electron chi connectivity index (χ1n) is 10.1. The van der Waals surface area contributed by atoms with Gasteiger partial charge in [-0.1, -0.05) is 29.8 Å². The highest BCUT2D eigenvalue weighted by Crippen LogP contribution is 2.46. The van der Waals surface area contributed by atoms with Crippen LogP contribution in [0.3, 0.4) is 0 Å². The Labute approximate surface area is 188 Å². The molecule has 1 aliphatic heterocycles. The molecule has 2 aromatic carbocycles. The van der Waals surface area contributed by atoms with Gasteiger partial charge in [0.05, 0.1) is 24.5 Å². The Bertz CT molecular complexity index is 1300. The van der Waals surface area contributed by atoms with Crippen LogP contribution in [0.4, 0.5) is 5.69 Å². The molecule has 2 aromatic heterocycles. The number of benzene rings is 2. The summed E-state index contributed by atoms with van der Waals surface area (Å²) >= 11 is 6.56. The molecule has 32 heavy (non-hydrogen) atoms. The van der Waals surface area contributed by atoms with Gasteiger partial charge < -0.3 is 9.15 Å². The van der Waals surface area contributed by atoms with Crippen molar-refractivity contribution in [2.45, 2.75) is 13.0 Å². The van der Waals surface area contributed by atoms with E-state index >= 15 is 0 Å². The molecule has 0 spiro atoms. The van der Waals surface area contributed by atoms with Crippen molar-refractivity contribution in [3.8, 4) is 11.5 Å². The predicted octanol–water partition coefficient (Wildman–Crippen LogP) is 5.25. The lowest BCUT2D eigenvalue weighted by atomic mass is 9.97. The smallest absolute Gasteiger partial charge is 0.338 e. The lowest BCUT2D eigenvalue weighted by Crippen LogP contribution is -2.29. The Morgan fingerprint density at radius 1 is 1.16 bits per heavy atom. The fraction of sp³-hybridized carbons (Fsp3) is 0.125. The summed E-state index contributed by atoms with van der Waals surface area (Å²) in [6, 6.07) is 17.1. The quantitative estimate of drug-likeness (QED) is 0.422. The van der Waals surface area contributed by atoms with Gasteiger partial charge in [-0.3, -0.25) is 14.8 Å². The molecule has 0 radical (unpaired) electrons. The number of aromatic nitrogens is 2. The van der Waals surface area contributed by atoms with E-state index in [9.17, 15) is 9.59 Å². The minimum Gasteiger partial charge on any atom is -0.463 e. The van der Waals surface area contributed by atoms with Gasteiger partial charge in [0, 0.05) is 16.3 Å². The number of hydrogen-bond donors (Lipinski definition) is 1. The van der Waals surface area contributed by atoms with Crippen LogP contribution in [-0.4, -0.2) is 28.7 Å². The average Bonchev–Trinajstić information content (AvgIpc) is 3.52. The molecule has 4 aromatic rings. The van der Waals surface area contributed by atoms with E-state index in [-0.39, 0.29) is 12.5 Å². The molecular weight excluding hydrogens is 430 g/mol. The Hall–Kier alpha value is -3.84. The van der Waals surface area contributed by atoms with Crippen molar-refractivity contribution in [3.05, 3.63) is 94.3 Å². The standard InChI is InChI=1S/C24H18ClN3O4/c1-2-31-24(30)14-9-11-15(12-10-14)28-22(16-6-3-4-7-17(16)25)19-20(18-8-5-13-32-18)26-27-21(19)23(28)29/h3-13,22H,2H2,1H3,(H,26,27). The van der Waals surface area contributed by atoms with E-state index in [1.165, 1.54) is 0 Å². The predicted molar refractivity (Wildman–Crippen MR) is 119 cm³/mol. The zero-order valence-corrected chi connectivity index (χ0v) is 17.8.